The average Bonchev–Trinajstić information content (AvgIpc) is 3.41. The van der Waals surface area contributed by atoms with E-state index in [4.69, 9.17) is 0 Å². The fourth-order valence-electron chi connectivity index (χ4n) is 4.09. The van der Waals surface area contributed by atoms with E-state index in [1.807, 2.05) is 49.5 Å². The van der Waals surface area contributed by atoms with E-state index in [0.717, 1.165) is 17.7 Å². The van der Waals surface area contributed by atoms with Crippen LogP contribution in [0.5, 0.6) is 0 Å². The fourth-order valence-corrected chi connectivity index (χ4v) is 4.76. The summed E-state index contributed by atoms with van der Waals surface area (Å²) < 4.78 is 1.87. The summed E-state index contributed by atoms with van der Waals surface area (Å²) in [5.74, 6) is 0.0916. The van der Waals surface area contributed by atoms with Gasteiger partial charge in [0.05, 0.1) is 25.2 Å². The number of benzene rings is 1. The zero-order chi connectivity index (χ0) is 19.8. The van der Waals surface area contributed by atoms with Crippen LogP contribution in [-0.4, -0.2) is 44.5 Å². The maximum absolute atomic E-state index is 13.0. The second-order valence-corrected chi connectivity index (χ2v) is 8.39. The number of rotatable bonds is 3. The molecule has 0 atom stereocenters. The molecule has 0 radical (unpaired) electrons. The summed E-state index contributed by atoms with van der Waals surface area (Å²) in [6, 6.07) is 12.1. The van der Waals surface area contributed by atoms with Crippen LogP contribution in [-0.2, 0) is 37.3 Å². The van der Waals surface area contributed by atoms with E-state index in [0.29, 0.717) is 44.8 Å². The van der Waals surface area contributed by atoms with Crippen molar-refractivity contribution in [3.05, 3.63) is 75.2 Å². The van der Waals surface area contributed by atoms with Crippen LogP contribution in [0.2, 0.25) is 0 Å². The Labute approximate surface area is 173 Å². The van der Waals surface area contributed by atoms with E-state index in [1.54, 1.807) is 11.3 Å². The topological polar surface area (TPSA) is 58.4 Å². The number of amides is 2. The summed E-state index contributed by atoms with van der Waals surface area (Å²) in [4.78, 5) is 29.4. The van der Waals surface area contributed by atoms with Crippen LogP contribution in [0.25, 0.3) is 0 Å². The van der Waals surface area contributed by atoms with Crippen molar-refractivity contribution in [2.45, 2.75) is 32.5 Å². The molecule has 2 aliphatic heterocycles. The molecule has 0 saturated carbocycles. The van der Waals surface area contributed by atoms with Crippen molar-refractivity contribution in [1.29, 1.82) is 0 Å². The molecule has 2 aliphatic rings. The first-order valence-electron chi connectivity index (χ1n) is 9.89. The number of nitrogens with zero attached hydrogens (tertiary/aromatic N) is 4. The van der Waals surface area contributed by atoms with Crippen molar-refractivity contribution in [3.63, 3.8) is 0 Å². The summed E-state index contributed by atoms with van der Waals surface area (Å²) in [6.07, 6.45) is 1.30. The molecule has 2 amide bonds. The van der Waals surface area contributed by atoms with Crippen LogP contribution in [0.1, 0.15) is 32.9 Å². The molecule has 2 aromatic heterocycles. The molecule has 0 unspecified atom stereocenters. The van der Waals surface area contributed by atoms with Crippen molar-refractivity contribution in [1.82, 2.24) is 19.6 Å². The van der Waals surface area contributed by atoms with Crippen LogP contribution in [0.4, 0.5) is 0 Å². The van der Waals surface area contributed by atoms with Crippen molar-refractivity contribution in [2.24, 2.45) is 0 Å². The Morgan fingerprint density at radius 3 is 2.69 bits per heavy atom. The first kappa shape index (κ1) is 18.1. The highest BCUT2D eigenvalue weighted by atomic mass is 32.1. The predicted octanol–water partition coefficient (Wildman–Crippen LogP) is 2.73. The Balaban J connectivity index is 1.28. The second kappa shape index (κ2) is 7.48. The SMILES string of the molecule is O=C(Cc1ccsc1)N1CCn2nc(C(=O)N3CCc4ccccc4C3)cc2C1. The van der Waals surface area contributed by atoms with Crippen LogP contribution in [0.3, 0.4) is 0 Å². The van der Waals surface area contributed by atoms with Gasteiger partial charge in [-0.3, -0.25) is 14.3 Å². The molecule has 148 valence electrons. The van der Waals surface area contributed by atoms with Gasteiger partial charge in [-0.2, -0.15) is 16.4 Å². The van der Waals surface area contributed by atoms with Crippen molar-refractivity contribution >= 4 is 23.2 Å². The maximum Gasteiger partial charge on any atom is 0.274 e. The minimum Gasteiger partial charge on any atom is -0.335 e. The molecule has 7 heteroatoms. The van der Waals surface area contributed by atoms with Crippen molar-refractivity contribution in [2.75, 3.05) is 13.1 Å². The van der Waals surface area contributed by atoms with Gasteiger partial charge in [0.1, 0.15) is 0 Å². The van der Waals surface area contributed by atoms with Gasteiger partial charge in [-0.1, -0.05) is 24.3 Å². The van der Waals surface area contributed by atoms with Crippen LogP contribution < -0.4 is 0 Å². The quantitative estimate of drug-likeness (QED) is 0.672. The van der Waals surface area contributed by atoms with Gasteiger partial charge in [0, 0.05) is 19.6 Å². The van der Waals surface area contributed by atoms with E-state index in [1.165, 1.54) is 11.1 Å². The van der Waals surface area contributed by atoms with Crippen molar-refractivity contribution in [3.8, 4) is 0 Å². The molecule has 3 aromatic rings. The molecule has 0 saturated heterocycles. The normalized spacial score (nSPS) is 15.7. The Hall–Kier alpha value is -2.93. The summed E-state index contributed by atoms with van der Waals surface area (Å²) in [7, 11) is 0. The van der Waals surface area contributed by atoms with E-state index >= 15 is 0 Å². The Bertz CT molecular complexity index is 1060. The second-order valence-electron chi connectivity index (χ2n) is 7.61. The first-order valence-corrected chi connectivity index (χ1v) is 10.8. The monoisotopic (exact) mass is 406 g/mol. The number of hydrogen-bond donors (Lipinski definition) is 0. The lowest BCUT2D eigenvalue weighted by Gasteiger charge is -2.28. The molecule has 1 aromatic carbocycles. The largest absolute Gasteiger partial charge is 0.335 e. The van der Waals surface area contributed by atoms with E-state index in [9.17, 15) is 9.59 Å². The lowest BCUT2D eigenvalue weighted by atomic mass is 10.00. The molecular formula is C22H22N4O2S. The van der Waals surface area contributed by atoms with Gasteiger partial charge in [0.25, 0.3) is 5.91 Å². The smallest absolute Gasteiger partial charge is 0.274 e. The van der Waals surface area contributed by atoms with E-state index in [-0.39, 0.29) is 11.8 Å². The van der Waals surface area contributed by atoms with Gasteiger partial charge in [0.2, 0.25) is 5.91 Å². The maximum atomic E-state index is 13.0. The van der Waals surface area contributed by atoms with E-state index in [2.05, 4.69) is 17.2 Å². The molecule has 0 aliphatic carbocycles. The molecule has 0 N–H and O–H groups in total. The summed E-state index contributed by atoms with van der Waals surface area (Å²) in [5, 5.41) is 8.54. The number of carbonyl (C=O) groups excluding carboxylic acids is 2. The van der Waals surface area contributed by atoms with Gasteiger partial charge < -0.3 is 9.80 Å². The lowest BCUT2D eigenvalue weighted by Crippen LogP contribution is -2.39. The average molecular weight is 407 g/mol. The van der Waals surface area contributed by atoms with E-state index < -0.39 is 0 Å². The molecule has 6 nitrogen and oxygen atoms in total. The molecular weight excluding hydrogens is 384 g/mol. The van der Waals surface area contributed by atoms with Gasteiger partial charge >= 0.3 is 0 Å². The van der Waals surface area contributed by atoms with Gasteiger partial charge in [-0.25, -0.2) is 0 Å². The summed E-state index contributed by atoms with van der Waals surface area (Å²) in [6.45, 7) is 3.10. The predicted molar refractivity (Wildman–Crippen MR) is 111 cm³/mol. The summed E-state index contributed by atoms with van der Waals surface area (Å²) in [5.41, 5.74) is 4.99. The third-order valence-electron chi connectivity index (χ3n) is 5.72. The standard InChI is InChI=1S/C22H22N4O2S/c27-21(11-16-6-10-29-15-16)24-8-9-26-19(14-24)12-20(23-26)22(28)25-7-5-17-3-1-2-4-18(17)13-25/h1-4,6,10,12,15H,5,7-9,11,13-14H2. The van der Waals surface area contributed by atoms with Gasteiger partial charge in [-0.05, 0) is 46.0 Å². The highest BCUT2D eigenvalue weighted by molar-refractivity contribution is 7.08. The minimum atomic E-state index is -0.0300. The van der Waals surface area contributed by atoms with Gasteiger partial charge in [-0.15, -0.1) is 0 Å². The third kappa shape index (κ3) is 3.58. The Morgan fingerprint density at radius 1 is 1.00 bits per heavy atom. The number of carbonyl (C=O) groups is 2. The number of hydrogen-bond acceptors (Lipinski definition) is 4. The highest BCUT2D eigenvalue weighted by Crippen LogP contribution is 2.22. The zero-order valence-electron chi connectivity index (χ0n) is 16.1. The summed E-state index contributed by atoms with van der Waals surface area (Å²) >= 11 is 1.61. The number of fused-ring (bicyclic) bond motifs is 2. The molecule has 5 rings (SSSR count). The Morgan fingerprint density at radius 2 is 1.86 bits per heavy atom. The number of aromatic nitrogens is 2. The minimum absolute atomic E-state index is 0.0300. The Kier molecular flexibility index (Phi) is 4.67. The zero-order valence-corrected chi connectivity index (χ0v) is 16.9. The van der Waals surface area contributed by atoms with Gasteiger partial charge in [0.15, 0.2) is 5.69 Å². The van der Waals surface area contributed by atoms with Crippen LogP contribution in [0.15, 0.2) is 47.2 Å². The molecule has 0 spiro atoms. The lowest BCUT2D eigenvalue weighted by molar-refractivity contribution is -0.132. The molecule has 0 fully saturated rings. The third-order valence-corrected chi connectivity index (χ3v) is 6.46. The van der Waals surface area contributed by atoms with Crippen LogP contribution >= 0.6 is 11.3 Å². The number of thiophene rings is 1. The fraction of sp³-hybridized carbons (Fsp3) is 0.318. The van der Waals surface area contributed by atoms with Crippen LogP contribution in [0, 0.1) is 0 Å². The van der Waals surface area contributed by atoms with Crippen molar-refractivity contribution < 1.29 is 9.59 Å². The molecule has 29 heavy (non-hydrogen) atoms. The molecule has 0 bridgehead atoms. The first-order chi connectivity index (χ1) is 14.2. The molecule has 4 heterocycles. The highest BCUT2D eigenvalue weighted by Gasteiger charge is 2.27.